The first-order chi connectivity index (χ1) is 16.0. The number of nitrogens with one attached hydrogen (secondary N) is 2. The van der Waals surface area contributed by atoms with Crippen molar-refractivity contribution in [1.29, 1.82) is 0 Å². The van der Waals surface area contributed by atoms with Gasteiger partial charge >= 0.3 is 0 Å². The van der Waals surface area contributed by atoms with E-state index in [4.69, 9.17) is 16.3 Å². The van der Waals surface area contributed by atoms with Crippen molar-refractivity contribution in [2.45, 2.75) is 11.0 Å². The van der Waals surface area contributed by atoms with Crippen LogP contribution in [0.2, 0.25) is 5.02 Å². The second-order valence-electron chi connectivity index (χ2n) is 7.50. The summed E-state index contributed by atoms with van der Waals surface area (Å²) in [6, 6.07) is 18.4. The molecule has 0 unspecified atom stereocenters. The van der Waals surface area contributed by atoms with Crippen LogP contribution in [0.15, 0.2) is 77.7 Å². The van der Waals surface area contributed by atoms with Gasteiger partial charge in [0.25, 0.3) is 15.9 Å². The Morgan fingerprint density at radius 2 is 1.68 bits per heavy atom. The minimum atomic E-state index is -3.87. The molecule has 0 saturated heterocycles. The van der Waals surface area contributed by atoms with Gasteiger partial charge in [-0.1, -0.05) is 29.8 Å². The fraction of sp³-hybridized carbons (Fsp3) is 0.136. The smallest absolute Gasteiger partial charge is 0.267 e. The fourth-order valence-corrected chi connectivity index (χ4v) is 5.51. The molecule has 9 nitrogen and oxygen atoms in total. The van der Waals surface area contributed by atoms with E-state index in [1.54, 1.807) is 42.5 Å². The number of sulfonamides is 2. The molecule has 0 spiro atoms. The molecule has 4 rings (SSSR count). The maximum absolute atomic E-state index is 12.8. The Bertz CT molecular complexity index is 1440. The molecule has 3 aromatic rings. The Labute approximate surface area is 202 Å². The van der Waals surface area contributed by atoms with Crippen molar-refractivity contribution in [2.24, 2.45) is 0 Å². The van der Waals surface area contributed by atoms with Gasteiger partial charge < -0.3 is 10.1 Å². The average molecular weight is 522 g/mol. The van der Waals surface area contributed by atoms with E-state index in [1.807, 2.05) is 0 Å². The summed E-state index contributed by atoms with van der Waals surface area (Å²) in [5, 5.41) is 3.02. The van der Waals surface area contributed by atoms with Crippen molar-refractivity contribution in [3.63, 3.8) is 0 Å². The Morgan fingerprint density at radius 3 is 2.35 bits per heavy atom. The molecule has 1 amide bonds. The number of amides is 1. The van der Waals surface area contributed by atoms with Crippen LogP contribution in [0.25, 0.3) is 0 Å². The van der Waals surface area contributed by atoms with E-state index in [2.05, 4.69) is 10.0 Å². The zero-order chi connectivity index (χ0) is 24.5. The van der Waals surface area contributed by atoms with Gasteiger partial charge in [-0.2, -0.15) is 0 Å². The molecule has 2 N–H and O–H groups in total. The van der Waals surface area contributed by atoms with Crippen LogP contribution in [-0.2, 0) is 24.8 Å². The number of hydrogen-bond donors (Lipinski definition) is 2. The largest absolute Gasteiger partial charge is 0.476 e. The molecule has 1 heterocycles. The summed E-state index contributed by atoms with van der Waals surface area (Å²) in [5.74, 6) is -0.302. The minimum absolute atomic E-state index is 0.0171. The van der Waals surface area contributed by atoms with Crippen LogP contribution in [0, 0.1) is 0 Å². The Kier molecular flexibility index (Phi) is 6.43. The second kappa shape index (κ2) is 9.16. The molecule has 178 valence electrons. The standard InChI is InChI=1S/C22H20ClN3O6S2/c1-33(28,29)26-14-21(32-20-8-3-2-7-19(20)26)22(27)24-16-9-11-18(12-10-16)34(30,31)25-17-6-4-5-15(23)13-17/h2-13,21,25H,14H2,1H3,(H,24,27)/t21-/m1/s1. The monoisotopic (exact) mass is 521 g/mol. The molecule has 0 fully saturated rings. The van der Waals surface area contributed by atoms with Gasteiger partial charge in [0.1, 0.15) is 5.75 Å². The number of hydrogen-bond acceptors (Lipinski definition) is 6. The molecule has 0 aromatic heterocycles. The lowest BCUT2D eigenvalue weighted by Crippen LogP contribution is -2.48. The van der Waals surface area contributed by atoms with E-state index in [9.17, 15) is 21.6 Å². The lowest BCUT2D eigenvalue weighted by Gasteiger charge is -2.33. The Balaban J connectivity index is 1.48. The van der Waals surface area contributed by atoms with E-state index >= 15 is 0 Å². The Hall–Kier alpha value is -3.28. The first kappa shape index (κ1) is 23.9. The molecule has 1 aliphatic rings. The summed E-state index contributed by atoms with van der Waals surface area (Å²) in [4.78, 5) is 12.8. The number of fused-ring (bicyclic) bond motifs is 1. The van der Waals surface area contributed by atoms with Crippen molar-refractivity contribution in [1.82, 2.24) is 0 Å². The Morgan fingerprint density at radius 1 is 0.971 bits per heavy atom. The highest BCUT2D eigenvalue weighted by atomic mass is 35.5. The summed E-state index contributed by atoms with van der Waals surface area (Å²) in [5.41, 5.74) is 0.992. The van der Waals surface area contributed by atoms with E-state index in [0.717, 1.165) is 10.6 Å². The summed E-state index contributed by atoms with van der Waals surface area (Å²) < 4.78 is 58.9. The van der Waals surface area contributed by atoms with Gasteiger partial charge in [0.15, 0.2) is 6.10 Å². The second-order valence-corrected chi connectivity index (χ2v) is 11.5. The molecule has 3 aromatic carbocycles. The van der Waals surface area contributed by atoms with E-state index in [1.165, 1.54) is 30.3 Å². The molecule has 1 atom stereocenters. The minimum Gasteiger partial charge on any atom is -0.476 e. The molecule has 1 aliphatic heterocycles. The van der Waals surface area contributed by atoms with Crippen molar-refractivity contribution in [2.75, 3.05) is 27.1 Å². The van der Waals surface area contributed by atoms with Gasteiger partial charge in [0.2, 0.25) is 10.0 Å². The normalized spacial score (nSPS) is 15.7. The van der Waals surface area contributed by atoms with Gasteiger partial charge in [0.05, 0.1) is 29.1 Å². The third-order valence-corrected chi connectivity index (χ3v) is 7.72. The molecular weight excluding hydrogens is 502 g/mol. The topological polar surface area (TPSA) is 122 Å². The maximum Gasteiger partial charge on any atom is 0.267 e. The molecule has 34 heavy (non-hydrogen) atoms. The van der Waals surface area contributed by atoms with Crippen LogP contribution in [-0.4, -0.2) is 41.6 Å². The zero-order valence-corrected chi connectivity index (χ0v) is 20.2. The number of nitrogens with zero attached hydrogens (tertiary/aromatic N) is 1. The molecule has 0 aliphatic carbocycles. The average Bonchev–Trinajstić information content (AvgIpc) is 2.77. The number of para-hydroxylation sites is 2. The number of ether oxygens (including phenoxy) is 1. The van der Waals surface area contributed by atoms with Gasteiger partial charge in [-0.15, -0.1) is 0 Å². The van der Waals surface area contributed by atoms with Crippen LogP contribution < -0.4 is 19.1 Å². The van der Waals surface area contributed by atoms with Crippen LogP contribution in [0.3, 0.4) is 0 Å². The van der Waals surface area contributed by atoms with E-state index < -0.39 is 32.1 Å². The molecule has 0 radical (unpaired) electrons. The number of anilines is 3. The zero-order valence-electron chi connectivity index (χ0n) is 17.8. The number of carbonyl (C=O) groups is 1. The predicted molar refractivity (Wildman–Crippen MR) is 130 cm³/mol. The first-order valence-electron chi connectivity index (χ1n) is 9.96. The molecule has 0 bridgehead atoms. The number of halogens is 1. The van der Waals surface area contributed by atoms with E-state index in [0.29, 0.717) is 22.1 Å². The van der Waals surface area contributed by atoms with Gasteiger partial charge in [-0.25, -0.2) is 16.8 Å². The summed E-state index contributed by atoms with van der Waals surface area (Å²) in [6.45, 7) is -0.197. The van der Waals surface area contributed by atoms with Crippen molar-refractivity contribution >= 4 is 54.6 Å². The molecule has 0 saturated carbocycles. The third-order valence-electron chi connectivity index (χ3n) is 4.94. The van der Waals surface area contributed by atoms with Gasteiger partial charge in [-0.3, -0.25) is 13.8 Å². The summed E-state index contributed by atoms with van der Waals surface area (Å²) >= 11 is 5.89. The van der Waals surface area contributed by atoms with Gasteiger partial charge in [-0.05, 0) is 54.6 Å². The quantitative estimate of drug-likeness (QED) is 0.513. The summed E-state index contributed by atoms with van der Waals surface area (Å²) in [7, 11) is -7.51. The lowest BCUT2D eigenvalue weighted by molar-refractivity contribution is -0.122. The fourth-order valence-electron chi connectivity index (χ4n) is 3.36. The van der Waals surface area contributed by atoms with Gasteiger partial charge in [0, 0.05) is 10.7 Å². The third kappa shape index (κ3) is 5.27. The highest BCUT2D eigenvalue weighted by Crippen LogP contribution is 2.34. The highest BCUT2D eigenvalue weighted by molar-refractivity contribution is 7.92. The van der Waals surface area contributed by atoms with E-state index in [-0.39, 0.29) is 17.2 Å². The summed E-state index contributed by atoms with van der Waals surface area (Å²) in [6.07, 6.45) is -0.0433. The number of benzene rings is 3. The lowest BCUT2D eigenvalue weighted by atomic mass is 10.2. The van der Waals surface area contributed by atoms with Crippen molar-refractivity contribution in [3.8, 4) is 5.75 Å². The number of carbonyl (C=O) groups excluding carboxylic acids is 1. The molecule has 12 heteroatoms. The van der Waals surface area contributed by atoms with Crippen molar-refractivity contribution in [3.05, 3.63) is 77.8 Å². The van der Waals surface area contributed by atoms with Crippen LogP contribution >= 0.6 is 11.6 Å². The van der Waals surface area contributed by atoms with Crippen LogP contribution in [0.5, 0.6) is 5.75 Å². The molecular formula is C22H20ClN3O6S2. The maximum atomic E-state index is 12.8. The highest BCUT2D eigenvalue weighted by Gasteiger charge is 2.34. The van der Waals surface area contributed by atoms with Crippen molar-refractivity contribution < 1.29 is 26.4 Å². The SMILES string of the molecule is CS(=O)(=O)N1C[C@H](C(=O)Nc2ccc(S(=O)(=O)Nc3cccc(Cl)c3)cc2)Oc2ccccc21. The first-order valence-corrected chi connectivity index (χ1v) is 13.7. The predicted octanol–water partition coefficient (Wildman–Crippen LogP) is 3.31. The number of rotatable bonds is 6. The van der Waals surface area contributed by atoms with Crippen LogP contribution in [0.4, 0.5) is 17.1 Å². The van der Waals surface area contributed by atoms with Crippen LogP contribution in [0.1, 0.15) is 0 Å².